The molecule has 100 valence electrons. The minimum absolute atomic E-state index is 0.358. The maximum atomic E-state index is 11.9. The van der Waals surface area contributed by atoms with Crippen molar-refractivity contribution in [2.45, 2.75) is 13.1 Å². The van der Waals surface area contributed by atoms with Crippen molar-refractivity contribution in [1.29, 1.82) is 0 Å². The second kappa shape index (κ2) is 6.64. The van der Waals surface area contributed by atoms with Crippen LogP contribution in [-0.2, 0) is 17.7 Å². The standard InChI is InChI=1S/C14H17N2O2P/c17-19(18,15-11-13-7-3-1-4-8-13)16-12-14-9-5-2-6-10-14/h1-10H,11-12H2,(H3,15,16,17,18). The smallest absolute Gasteiger partial charge is 0.322 e. The molecule has 5 heteroatoms. The molecule has 0 aromatic heterocycles. The molecule has 0 fully saturated rings. The van der Waals surface area contributed by atoms with E-state index in [0.717, 1.165) is 11.1 Å². The lowest BCUT2D eigenvalue weighted by molar-refractivity contribution is 0.446. The molecule has 2 aromatic carbocycles. The summed E-state index contributed by atoms with van der Waals surface area (Å²) in [5, 5.41) is 5.29. The number of benzene rings is 2. The first kappa shape index (κ1) is 14.0. The molecule has 2 rings (SSSR count). The van der Waals surface area contributed by atoms with Gasteiger partial charge in [-0.25, -0.2) is 10.2 Å². The van der Waals surface area contributed by atoms with Crippen molar-refractivity contribution in [3.8, 4) is 0 Å². The van der Waals surface area contributed by atoms with Crippen LogP contribution in [0, 0.1) is 0 Å². The molecular weight excluding hydrogens is 259 g/mol. The predicted molar refractivity (Wildman–Crippen MR) is 76.4 cm³/mol. The van der Waals surface area contributed by atoms with Gasteiger partial charge in [-0.3, -0.25) is 4.57 Å². The Morgan fingerprint density at radius 1 is 0.789 bits per heavy atom. The summed E-state index contributed by atoms with van der Waals surface area (Å²) < 4.78 is 11.9. The van der Waals surface area contributed by atoms with Crippen molar-refractivity contribution in [3.63, 3.8) is 0 Å². The van der Waals surface area contributed by atoms with E-state index in [0.29, 0.717) is 13.1 Å². The first-order valence-corrected chi connectivity index (χ1v) is 7.72. The van der Waals surface area contributed by atoms with Gasteiger partial charge in [0.05, 0.1) is 0 Å². The summed E-state index contributed by atoms with van der Waals surface area (Å²) in [5.41, 5.74) is 1.94. The van der Waals surface area contributed by atoms with Gasteiger partial charge in [-0.05, 0) is 11.1 Å². The lowest BCUT2D eigenvalue weighted by Crippen LogP contribution is -2.21. The topological polar surface area (TPSA) is 61.4 Å². The zero-order chi connectivity index (χ0) is 13.6. The third-order valence-corrected chi connectivity index (χ3v) is 3.85. The van der Waals surface area contributed by atoms with Gasteiger partial charge in [-0.2, -0.15) is 0 Å². The predicted octanol–water partition coefficient (Wildman–Crippen LogP) is 2.67. The third-order valence-electron chi connectivity index (χ3n) is 2.68. The highest BCUT2D eigenvalue weighted by atomic mass is 31.2. The van der Waals surface area contributed by atoms with Crippen LogP contribution < -0.4 is 10.2 Å². The van der Waals surface area contributed by atoms with Gasteiger partial charge in [-0.15, -0.1) is 0 Å². The Morgan fingerprint density at radius 3 is 1.53 bits per heavy atom. The summed E-state index contributed by atoms with van der Waals surface area (Å²) >= 11 is 0. The quantitative estimate of drug-likeness (QED) is 0.710. The molecule has 0 bridgehead atoms. The fourth-order valence-corrected chi connectivity index (χ4v) is 2.55. The Kier molecular flexibility index (Phi) is 4.88. The summed E-state index contributed by atoms with van der Waals surface area (Å²) in [7, 11) is -3.52. The summed E-state index contributed by atoms with van der Waals surface area (Å²) in [6.07, 6.45) is 0. The molecule has 0 saturated heterocycles. The highest BCUT2D eigenvalue weighted by Crippen LogP contribution is 2.30. The molecule has 0 aliphatic carbocycles. The van der Waals surface area contributed by atoms with E-state index < -0.39 is 7.67 Å². The molecule has 3 N–H and O–H groups in total. The van der Waals surface area contributed by atoms with E-state index in [-0.39, 0.29) is 0 Å². The number of rotatable bonds is 6. The Balaban J connectivity index is 1.84. The van der Waals surface area contributed by atoms with Gasteiger partial charge >= 0.3 is 7.67 Å². The highest BCUT2D eigenvalue weighted by Gasteiger charge is 2.15. The minimum atomic E-state index is -3.52. The van der Waals surface area contributed by atoms with Crippen LogP contribution in [0.4, 0.5) is 0 Å². The molecule has 0 heterocycles. The molecule has 4 nitrogen and oxygen atoms in total. The van der Waals surface area contributed by atoms with Crippen LogP contribution in [0.15, 0.2) is 60.7 Å². The first-order chi connectivity index (χ1) is 9.16. The van der Waals surface area contributed by atoms with Crippen LogP contribution in [-0.4, -0.2) is 4.89 Å². The van der Waals surface area contributed by atoms with E-state index in [1.807, 2.05) is 60.7 Å². The third kappa shape index (κ3) is 4.97. The molecule has 0 aliphatic heterocycles. The monoisotopic (exact) mass is 276 g/mol. The van der Waals surface area contributed by atoms with E-state index in [4.69, 9.17) is 0 Å². The van der Waals surface area contributed by atoms with Crippen molar-refractivity contribution < 1.29 is 9.46 Å². The summed E-state index contributed by atoms with van der Waals surface area (Å²) in [5.74, 6) is 0. The van der Waals surface area contributed by atoms with Crippen LogP contribution >= 0.6 is 7.67 Å². The Hall–Kier alpha value is -1.45. The summed E-state index contributed by atoms with van der Waals surface area (Å²) in [4.78, 5) is 9.77. The van der Waals surface area contributed by atoms with Gasteiger partial charge in [-0.1, -0.05) is 60.7 Å². The fraction of sp³-hybridized carbons (Fsp3) is 0.143. The average Bonchev–Trinajstić information content (AvgIpc) is 2.46. The molecule has 0 amide bonds. The second-order valence-electron chi connectivity index (χ2n) is 4.22. The molecular formula is C14H17N2O2P. The number of nitrogens with one attached hydrogen (secondary N) is 2. The highest BCUT2D eigenvalue weighted by molar-refractivity contribution is 7.53. The zero-order valence-corrected chi connectivity index (χ0v) is 11.4. The van der Waals surface area contributed by atoms with Crippen LogP contribution in [0.1, 0.15) is 11.1 Å². The van der Waals surface area contributed by atoms with Crippen LogP contribution in [0.25, 0.3) is 0 Å². The van der Waals surface area contributed by atoms with Crippen LogP contribution in [0.2, 0.25) is 0 Å². The van der Waals surface area contributed by atoms with Crippen molar-refractivity contribution in [1.82, 2.24) is 10.2 Å². The van der Waals surface area contributed by atoms with Crippen LogP contribution in [0.5, 0.6) is 0 Å². The summed E-state index contributed by atoms with van der Waals surface area (Å²) in [6, 6.07) is 19.1. The van der Waals surface area contributed by atoms with Gasteiger partial charge in [0.25, 0.3) is 0 Å². The van der Waals surface area contributed by atoms with Gasteiger partial charge in [0.1, 0.15) is 0 Å². The van der Waals surface area contributed by atoms with E-state index in [2.05, 4.69) is 10.2 Å². The molecule has 0 atom stereocenters. The van der Waals surface area contributed by atoms with E-state index >= 15 is 0 Å². The molecule has 0 unspecified atom stereocenters. The largest absolute Gasteiger partial charge is 0.338 e. The maximum Gasteiger partial charge on any atom is 0.338 e. The Morgan fingerprint density at radius 2 is 1.16 bits per heavy atom. The van der Waals surface area contributed by atoms with Crippen molar-refractivity contribution in [2.75, 3.05) is 0 Å². The van der Waals surface area contributed by atoms with Gasteiger partial charge < -0.3 is 4.89 Å². The average molecular weight is 276 g/mol. The molecule has 0 radical (unpaired) electrons. The lowest BCUT2D eigenvalue weighted by Gasteiger charge is -2.14. The van der Waals surface area contributed by atoms with E-state index in [9.17, 15) is 9.46 Å². The van der Waals surface area contributed by atoms with Gasteiger partial charge in [0, 0.05) is 13.1 Å². The summed E-state index contributed by atoms with van der Waals surface area (Å²) in [6.45, 7) is 0.715. The van der Waals surface area contributed by atoms with Crippen molar-refractivity contribution in [2.24, 2.45) is 0 Å². The maximum absolute atomic E-state index is 11.9. The first-order valence-electron chi connectivity index (χ1n) is 6.07. The minimum Gasteiger partial charge on any atom is -0.322 e. The zero-order valence-electron chi connectivity index (χ0n) is 10.5. The SMILES string of the molecule is O=P(O)(NCc1ccccc1)NCc1ccccc1. The number of hydrogen-bond acceptors (Lipinski definition) is 1. The Labute approximate surface area is 113 Å². The van der Waals surface area contributed by atoms with Crippen molar-refractivity contribution >= 4 is 7.67 Å². The molecule has 19 heavy (non-hydrogen) atoms. The van der Waals surface area contributed by atoms with Crippen LogP contribution in [0.3, 0.4) is 0 Å². The van der Waals surface area contributed by atoms with Gasteiger partial charge in [0.2, 0.25) is 0 Å². The lowest BCUT2D eigenvalue weighted by atomic mass is 10.2. The van der Waals surface area contributed by atoms with E-state index in [1.165, 1.54) is 0 Å². The Bertz CT molecular complexity index is 498. The number of hydrogen-bond donors (Lipinski definition) is 3. The normalized spacial score (nSPS) is 11.4. The fourth-order valence-electron chi connectivity index (χ4n) is 1.64. The van der Waals surface area contributed by atoms with Gasteiger partial charge in [0.15, 0.2) is 0 Å². The van der Waals surface area contributed by atoms with E-state index in [1.54, 1.807) is 0 Å². The van der Waals surface area contributed by atoms with Crippen molar-refractivity contribution in [3.05, 3.63) is 71.8 Å². The molecule has 0 spiro atoms. The molecule has 0 aliphatic rings. The molecule has 2 aromatic rings. The second-order valence-corrected chi connectivity index (χ2v) is 6.00. The molecule has 0 saturated carbocycles.